The van der Waals surface area contributed by atoms with Gasteiger partial charge in [0.15, 0.2) is 5.72 Å². The molecular weight excluding hydrogens is 1190 g/mol. The van der Waals surface area contributed by atoms with Crippen molar-refractivity contribution < 1.29 is 76.3 Å². The van der Waals surface area contributed by atoms with E-state index in [1.807, 2.05) is 6.92 Å². The first kappa shape index (κ1) is 67.3. The predicted molar refractivity (Wildman–Crippen MR) is 311 cm³/mol. The van der Waals surface area contributed by atoms with Crippen molar-refractivity contribution in [2.75, 3.05) is 55.3 Å². The second-order valence-corrected chi connectivity index (χ2v) is 22.4. The minimum absolute atomic E-state index is 0.0115. The number of anilines is 3. The fourth-order valence-electron chi connectivity index (χ4n) is 9.55. The van der Waals surface area contributed by atoms with Crippen LogP contribution in [0.1, 0.15) is 91.5 Å². The first-order valence-electron chi connectivity index (χ1n) is 26.8. The molecule has 27 heteroatoms. The van der Waals surface area contributed by atoms with E-state index in [9.17, 15) is 43.5 Å². The maximum Gasteiger partial charge on any atom is 0.412 e. The van der Waals surface area contributed by atoms with Crippen LogP contribution >= 0.6 is 39.1 Å². The van der Waals surface area contributed by atoms with Crippen molar-refractivity contribution in [3.05, 3.63) is 81.6 Å². The summed E-state index contributed by atoms with van der Waals surface area (Å²) in [6.45, 7) is 12.3. The number of hydrogen-bond acceptors (Lipinski definition) is 15. The molecule has 2 aromatic rings. The number of fused-ring (bicyclic) bond motifs is 5. The average molecular weight is 1270 g/mol. The summed E-state index contributed by atoms with van der Waals surface area (Å²) in [6.07, 6.45) is -0.0700. The van der Waals surface area contributed by atoms with Crippen molar-refractivity contribution in [1.82, 2.24) is 21.3 Å². The van der Waals surface area contributed by atoms with E-state index in [0.717, 1.165) is 17.7 Å². The number of primary amides is 1. The molecule has 2 aromatic carbocycles. The number of methoxy groups -OCH3 is 2. The number of halogens is 4. The van der Waals surface area contributed by atoms with Gasteiger partial charge in [0.1, 0.15) is 52.6 Å². The average Bonchev–Trinajstić information content (AvgIpc) is 2.52. The van der Waals surface area contributed by atoms with Crippen LogP contribution in [0.3, 0.4) is 0 Å². The van der Waals surface area contributed by atoms with Gasteiger partial charge in [0.2, 0.25) is 23.6 Å². The molecule has 9 atom stereocenters. The predicted octanol–water partition coefficient (Wildman–Crippen LogP) is 7.23. The van der Waals surface area contributed by atoms with E-state index in [2.05, 4.69) is 54.4 Å². The Kier molecular flexibility index (Phi) is 24.6. The summed E-state index contributed by atoms with van der Waals surface area (Å²) >= 11 is 16.6. The number of nitrogens with two attached hydrogens (primary N) is 1. The van der Waals surface area contributed by atoms with Gasteiger partial charge in [0.25, 0.3) is 0 Å². The van der Waals surface area contributed by atoms with Gasteiger partial charge in [-0.25, -0.2) is 23.6 Å². The second kappa shape index (κ2) is 30.3. The van der Waals surface area contributed by atoms with Gasteiger partial charge in [-0.2, -0.15) is 0 Å². The number of esters is 1. The number of allylic oxidation sites excluding steroid dienone is 3. The fourth-order valence-corrected chi connectivity index (χ4v) is 10.3. The highest BCUT2D eigenvalue weighted by molar-refractivity contribution is 9.09. The topological polar surface area (TPSA) is 317 Å². The maximum atomic E-state index is 16.1. The van der Waals surface area contributed by atoms with Crippen LogP contribution in [0.25, 0.3) is 0 Å². The second-order valence-electron chi connectivity index (χ2n) is 21.1. The Labute approximate surface area is 499 Å². The zero-order valence-corrected chi connectivity index (χ0v) is 50.6. The molecular formula is C56H74BrCl2FN8O15. The number of carbonyl (C=O) groups is 8. The Morgan fingerprint density at radius 1 is 1.02 bits per heavy atom. The Morgan fingerprint density at radius 3 is 2.41 bits per heavy atom. The number of carbonyl (C=O) groups excluding carboxylic acids is 8. The highest BCUT2D eigenvalue weighted by Crippen LogP contribution is 2.49. The van der Waals surface area contributed by atoms with Crippen LogP contribution in [-0.4, -0.2) is 140 Å². The van der Waals surface area contributed by atoms with Crippen LogP contribution in [0, 0.1) is 17.7 Å². The van der Waals surface area contributed by atoms with Crippen molar-refractivity contribution in [2.45, 2.75) is 140 Å². The Balaban J connectivity index is 1.35. The number of epoxide rings is 1. The molecule has 0 saturated carbocycles. The lowest BCUT2D eigenvalue weighted by Crippen LogP contribution is -2.63. The molecule has 3 aliphatic rings. The number of amides is 8. The molecule has 4 bridgehead atoms. The molecule has 5 rings (SSSR count). The van der Waals surface area contributed by atoms with Gasteiger partial charge >= 0.3 is 24.2 Å². The van der Waals surface area contributed by atoms with Gasteiger partial charge < -0.3 is 65.4 Å². The summed E-state index contributed by atoms with van der Waals surface area (Å²) < 4.78 is 50.4. The molecule has 9 N–H and O–H groups in total. The minimum atomic E-state index is -1.94. The van der Waals surface area contributed by atoms with Crippen LogP contribution < -0.4 is 47.3 Å². The quantitative estimate of drug-likeness (QED) is 0.0144. The third-order valence-corrected chi connectivity index (χ3v) is 15.7. The molecule has 0 unspecified atom stereocenters. The van der Waals surface area contributed by atoms with E-state index in [1.165, 1.54) is 26.2 Å². The molecule has 2 fully saturated rings. The smallest absolute Gasteiger partial charge is 0.412 e. The summed E-state index contributed by atoms with van der Waals surface area (Å²) in [5, 5.41) is 27.0. The molecule has 0 aliphatic carbocycles. The van der Waals surface area contributed by atoms with Crippen LogP contribution in [0.15, 0.2) is 60.2 Å². The van der Waals surface area contributed by atoms with Crippen LogP contribution in [0.2, 0.25) is 10.0 Å². The Bertz CT molecular complexity index is 2830. The summed E-state index contributed by atoms with van der Waals surface area (Å²) in [5.74, 6) is -5.13. The van der Waals surface area contributed by atoms with Crippen molar-refractivity contribution >= 4 is 104 Å². The van der Waals surface area contributed by atoms with E-state index in [4.69, 9.17) is 57.4 Å². The number of aliphatic hydroxyl groups is 1. The van der Waals surface area contributed by atoms with Crippen molar-refractivity contribution in [3.63, 3.8) is 0 Å². The summed E-state index contributed by atoms with van der Waals surface area (Å²) in [6, 6.07) is 1.97. The highest BCUT2D eigenvalue weighted by Gasteiger charge is 2.64. The van der Waals surface area contributed by atoms with Crippen LogP contribution in [0.5, 0.6) is 5.75 Å². The molecule has 0 radical (unpaired) electrons. The number of unbranched alkanes of at least 4 members (excludes halogenated alkanes) is 2. The summed E-state index contributed by atoms with van der Waals surface area (Å²) in [4.78, 5) is 107. The van der Waals surface area contributed by atoms with E-state index >= 15 is 4.39 Å². The van der Waals surface area contributed by atoms with E-state index in [1.54, 1.807) is 58.1 Å². The van der Waals surface area contributed by atoms with Gasteiger partial charge in [0, 0.05) is 56.4 Å². The first-order chi connectivity index (χ1) is 39.1. The molecule has 83 heavy (non-hydrogen) atoms. The van der Waals surface area contributed by atoms with Crippen molar-refractivity contribution in [3.8, 4) is 5.75 Å². The lowest BCUT2D eigenvalue weighted by atomic mass is 9.83. The molecule has 3 heterocycles. The largest absolute Gasteiger partial charge is 0.495 e. The van der Waals surface area contributed by atoms with Crippen molar-refractivity contribution in [2.24, 2.45) is 17.6 Å². The summed E-state index contributed by atoms with van der Waals surface area (Å²) in [7, 11) is 4.29. The van der Waals surface area contributed by atoms with Gasteiger partial charge in [-0.3, -0.25) is 29.8 Å². The zero-order valence-electron chi connectivity index (χ0n) is 47.6. The van der Waals surface area contributed by atoms with E-state index < -0.39 is 125 Å². The molecule has 8 amide bonds. The summed E-state index contributed by atoms with van der Waals surface area (Å²) in [5.41, 5.74) is 3.17. The highest BCUT2D eigenvalue weighted by atomic mass is 79.9. The number of nitrogens with zero attached hydrogens (tertiary/aromatic N) is 1. The van der Waals surface area contributed by atoms with E-state index in [-0.39, 0.29) is 76.9 Å². The van der Waals surface area contributed by atoms with Gasteiger partial charge in [-0.1, -0.05) is 90.3 Å². The molecule has 23 nitrogen and oxygen atoms in total. The number of alkyl carbamates (subject to hydrolysis) is 1. The third-order valence-electron chi connectivity index (χ3n) is 14.3. The zero-order chi connectivity index (χ0) is 61.5. The SMILES string of the molecule is C=C(CBr)C(=O)OCCCCCC(=O)N[C@H](C(=O)N[C@@H](CCCNC(N)=O)C(=O)Nc1cc(Cl)c(NC(=O)O[C@H]2CC(=O)N(C)c3cc(cc(OC)c3Cl)C/C(C)=C/C=C/[C@@H](OC)[C@@]3(O)C[C@H](OC(=O)N3)[C@@H](C)[C@@H]3O[C@@]23C)cc1F)C(C)C. The molecule has 3 aliphatic heterocycles. The lowest BCUT2D eigenvalue weighted by molar-refractivity contribution is -0.142. The minimum Gasteiger partial charge on any atom is -0.495 e. The number of urea groups is 1. The Morgan fingerprint density at radius 2 is 1.75 bits per heavy atom. The Hall–Kier alpha value is -6.51. The molecule has 0 aromatic heterocycles. The standard InChI is InChI=1S/C56H74BrCl2FN8O15/c1-29(2)47(66-44(69)18-11-10-12-20-80-51(73)31(4)28-57)50(72)63-36(16-14-19-62-52(61)74)49(71)64-38-24-34(58)37(25-35(38)60)65-53(75)82-43-26-45(70)68(7)39-22-33(23-40(78-8)46(39)59)21-30(3)15-13-17-42(79-9)56(77)27-41(81-54(76)67-56)32(5)48-55(43,6)83-48/h13,15,17,22-25,29,32,36,41-43,47-48,77H,4,10-12,14,16,18-21,26-28H2,1-3,5-9H3,(H,63,72)(H,64,71)(H,65,75)(H,66,69)(H,67,76)(H3,61,62,74)/b17-13+,30-15+/t32-,36+,41+,42-,43+,47+,48+,55+,56+/m1/s1. The molecule has 2 saturated heterocycles. The number of benzene rings is 2. The molecule has 456 valence electrons. The number of alkyl halides is 1. The van der Waals surface area contributed by atoms with Crippen molar-refractivity contribution in [1.29, 1.82) is 0 Å². The maximum absolute atomic E-state index is 16.1. The lowest BCUT2D eigenvalue weighted by Gasteiger charge is -2.42. The van der Waals surface area contributed by atoms with Gasteiger partial charge in [0.05, 0.1) is 48.3 Å². The molecule has 0 spiro atoms. The monoisotopic (exact) mass is 1270 g/mol. The normalized spacial score (nSPS) is 24.2. The number of hydrogen-bond donors (Lipinski definition) is 8. The third kappa shape index (κ3) is 18.5. The van der Waals surface area contributed by atoms with Crippen LogP contribution in [0.4, 0.5) is 35.8 Å². The fraction of sp³-hybridized carbons (Fsp3) is 0.536. The van der Waals surface area contributed by atoms with Crippen LogP contribution in [-0.2, 0) is 54.1 Å². The van der Waals surface area contributed by atoms with Gasteiger partial charge in [-0.05, 0) is 82.1 Å². The van der Waals surface area contributed by atoms with Gasteiger partial charge in [-0.15, -0.1) is 0 Å². The number of nitrogens with one attached hydrogen (secondary N) is 6. The number of ether oxygens (including phenoxy) is 6. The van der Waals surface area contributed by atoms with E-state index in [0.29, 0.717) is 31.2 Å². The first-order valence-corrected chi connectivity index (χ1v) is 28.7. The number of rotatable bonds is 22.